The zero-order valence-electron chi connectivity index (χ0n) is 16.5. The molecule has 0 spiro atoms. The van der Waals surface area contributed by atoms with Crippen LogP contribution in [0.2, 0.25) is 5.02 Å². The number of fused-ring (bicyclic) bond motifs is 2. The van der Waals surface area contributed by atoms with Crippen molar-refractivity contribution in [1.82, 2.24) is 15.3 Å². The molecule has 2 aromatic carbocycles. The van der Waals surface area contributed by atoms with Crippen molar-refractivity contribution in [1.29, 1.82) is 0 Å². The van der Waals surface area contributed by atoms with Crippen molar-refractivity contribution in [2.45, 2.75) is 37.8 Å². The second-order valence-corrected chi connectivity index (χ2v) is 8.37. The van der Waals surface area contributed by atoms with Gasteiger partial charge in [0.2, 0.25) is 0 Å². The molecule has 152 valence electrons. The molecule has 1 fully saturated rings. The van der Waals surface area contributed by atoms with Crippen LogP contribution in [0.4, 0.5) is 5.69 Å². The van der Waals surface area contributed by atoms with E-state index in [2.05, 4.69) is 20.6 Å². The molecule has 2 aromatic heterocycles. The number of aromatic amines is 1. The number of rotatable bonds is 4. The highest BCUT2D eigenvalue weighted by molar-refractivity contribution is 6.31. The molecule has 1 aliphatic carbocycles. The zero-order valence-corrected chi connectivity index (χ0v) is 17.2. The highest BCUT2D eigenvalue weighted by atomic mass is 35.5. The topological polar surface area (TPSA) is 69.8 Å². The molecule has 5 nitrogen and oxygen atoms in total. The summed E-state index contributed by atoms with van der Waals surface area (Å²) in [6, 6.07) is 16.3. The fraction of sp³-hybridized carbons (Fsp3) is 0.250. The maximum atomic E-state index is 12.8. The highest BCUT2D eigenvalue weighted by Gasteiger charge is 2.24. The Labute approximate surface area is 179 Å². The van der Waals surface area contributed by atoms with Gasteiger partial charge in [-0.15, -0.1) is 0 Å². The van der Waals surface area contributed by atoms with Crippen LogP contribution in [0.15, 0.2) is 60.9 Å². The zero-order chi connectivity index (χ0) is 20.5. The first kappa shape index (κ1) is 18.9. The van der Waals surface area contributed by atoms with Crippen LogP contribution in [-0.2, 0) is 0 Å². The van der Waals surface area contributed by atoms with Crippen molar-refractivity contribution in [3.8, 4) is 0 Å². The van der Waals surface area contributed by atoms with Gasteiger partial charge in [-0.25, -0.2) is 0 Å². The van der Waals surface area contributed by atoms with Crippen LogP contribution in [-0.4, -0.2) is 28.0 Å². The Bertz CT molecular complexity index is 1210. The number of halogens is 1. The van der Waals surface area contributed by atoms with Crippen LogP contribution < -0.4 is 10.6 Å². The molecule has 0 radical (unpaired) electrons. The van der Waals surface area contributed by atoms with Gasteiger partial charge in [-0.2, -0.15) is 0 Å². The summed E-state index contributed by atoms with van der Waals surface area (Å²) < 4.78 is 0. The molecular formula is C24H23ClN4O. The summed E-state index contributed by atoms with van der Waals surface area (Å²) in [5, 5.41) is 9.63. The molecule has 0 aliphatic heterocycles. The number of hydrogen-bond acceptors (Lipinski definition) is 3. The Morgan fingerprint density at radius 3 is 2.67 bits per heavy atom. The van der Waals surface area contributed by atoms with E-state index in [0.717, 1.165) is 53.2 Å². The summed E-state index contributed by atoms with van der Waals surface area (Å²) in [6.07, 6.45) is 7.55. The van der Waals surface area contributed by atoms with Gasteiger partial charge in [0, 0.05) is 51.5 Å². The first-order valence-electron chi connectivity index (χ1n) is 10.3. The van der Waals surface area contributed by atoms with E-state index in [-0.39, 0.29) is 11.9 Å². The third-order valence-corrected chi connectivity index (χ3v) is 6.20. The maximum Gasteiger partial charge on any atom is 0.253 e. The van der Waals surface area contributed by atoms with Crippen molar-refractivity contribution in [3.05, 3.63) is 71.5 Å². The van der Waals surface area contributed by atoms with Crippen LogP contribution >= 0.6 is 11.6 Å². The number of nitrogens with one attached hydrogen (secondary N) is 3. The van der Waals surface area contributed by atoms with Crippen molar-refractivity contribution < 1.29 is 4.79 Å². The minimum atomic E-state index is 0.000802. The van der Waals surface area contributed by atoms with Gasteiger partial charge in [0.15, 0.2) is 0 Å². The predicted molar refractivity (Wildman–Crippen MR) is 122 cm³/mol. The number of para-hydroxylation sites is 1. The molecule has 2 heterocycles. The van der Waals surface area contributed by atoms with Crippen LogP contribution in [0.3, 0.4) is 0 Å². The molecule has 3 N–H and O–H groups in total. The van der Waals surface area contributed by atoms with E-state index in [1.54, 1.807) is 6.20 Å². The lowest BCUT2D eigenvalue weighted by Gasteiger charge is -2.30. The summed E-state index contributed by atoms with van der Waals surface area (Å²) >= 11 is 6.09. The Morgan fingerprint density at radius 1 is 1.00 bits per heavy atom. The molecule has 0 saturated heterocycles. The first-order valence-corrected chi connectivity index (χ1v) is 10.7. The van der Waals surface area contributed by atoms with Crippen LogP contribution in [0, 0.1) is 0 Å². The van der Waals surface area contributed by atoms with E-state index in [4.69, 9.17) is 11.6 Å². The number of carbonyl (C=O) groups is 1. The minimum absolute atomic E-state index is 0.000802. The third-order valence-electron chi connectivity index (χ3n) is 5.96. The van der Waals surface area contributed by atoms with Crippen molar-refractivity contribution >= 4 is 45.0 Å². The molecule has 0 bridgehead atoms. The van der Waals surface area contributed by atoms with Gasteiger partial charge >= 0.3 is 0 Å². The fourth-order valence-electron chi connectivity index (χ4n) is 4.37. The number of pyridine rings is 1. The standard InChI is InChI=1S/C24H23ClN4O/c25-15-5-10-19-22(11-12-26-23(19)13-15)28-16-6-8-17(9-7-16)29-24(30)20-14-27-21-4-2-1-3-18(20)21/h1-5,10-14,16-17,27H,6-9H2,(H,26,28)(H,29,30). The Balaban J connectivity index is 1.21. The Kier molecular flexibility index (Phi) is 5.05. The lowest BCUT2D eigenvalue weighted by molar-refractivity contribution is 0.0928. The van der Waals surface area contributed by atoms with Crippen LogP contribution in [0.25, 0.3) is 21.8 Å². The number of aromatic nitrogens is 2. The summed E-state index contributed by atoms with van der Waals surface area (Å²) in [4.78, 5) is 20.4. The summed E-state index contributed by atoms with van der Waals surface area (Å²) in [5.41, 5.74) is 3.68. The molecule has 0 atom stereocenters. The third kappa shape index (κ3) is 3.73. The SMILES string of the molecule is O=C(NC1CCC(Nc2ccnc3cc(Cl)ccc23)CC1)c1c[nH]c2ccccc12. The predicted octanol–water partition coefficient (Wildman–Crippen LogP) is 5.52. The average molecular weight is 419 g/mol. The van der Waals surface area contributed by atoms with Crippen molar-refractivity contribution in [2.24, 2.45) is 0 Å². The molecule has 1 amide bonds. The summed E-state index contributed by atoms with van der Waals surface area (Å²) in [5.74, 6) is 0.000802. The molecule has 5 rings (SSSR count). The normalized spacial score (nSPS) is 19.1. The van der Waals surface area contributed by atoms with Crippen LogP contribution in [0.1, 0.15) is 36.0 Å². The lowest BCUT2D eigenvalue weighted by atomic mass is 9.90. The number of anilines is 1. The minimum Gasteiger partial charge on any atom is -0.382 e. The molecular weight excluding hydrogens is 396 g/mol. The van der Waals surface area contributed by atoms with Crippen LogP contribution in [0.5, 0.6) is 0 Å². The lowest BCUT2D eigenvalue weighted by Crippen LogP contribution is -2.40. The molecule has 1 aliphatic rings. The molecule has 30 heavy (non-hydrogen) atoms. The molecule has 1 saturated carbocycles. The van der Waals surface area contributed by atoms with Gasteiger partial charge < -0.3 is 15.6 Å². The van der Waals surface area contributed by atoms with E-state index < -0.39 is 0 Å². The van der Waals surface area contributed by atoms with E-state index >= 15 is 0 Å². The van der Waals surface area contributed by atoms with Gasteiger partial charge in [0.1, 0.15) is 0 Å². The van der Waals surface area contributed by atoms with E-state index in [1.165, 1.54) is 0 Å². The van der Waals surface area contributed by atoms with Gasteiger partial charge in [-0.1, -0.05) is 29.8 Å². The van der Waals surface area contributed by atoms with E-state index in [0.29, 0.717) is 16.6 Å². The van der Waals surface area contributed by atoms with Gasteiger partial charge in [-0.05, 0) is 56.0 Å². The monoisotopic (exact) mass is 418 g/mol. The Morgan fingerprint density at radius 2 is 1.80 bits per heavy atom. The van der Waals surface area contributed by atoms with Gasteiger partial charge in [0.25, 0.3) is 5.91 Å². The number of amides is 1. The van der Waals surface area contributed by atoms with Gasteiger partial charge in [-0.3, -0.25) is 9.78 Å². The molecule has 0 unspecified atom stereocenters. The molecule has 4 aromatic rings. The van der Waals surface area contributed by atoms with Crippen molar-refractivity contribution in [3.63, 3.8) is 0 Å². The fourth-order valence-corrected chi connectivity index (χ4v) is 4.54. The van der Waals surface area contributed by atoms with E-state index in [9.17, 15) is 4.79 Å². The number of nitrogens with zero attached hydrogens (tertiary/aromatic N) is 1. The number of benzene rings is 2. The largest absolute Gasteiger partial charge is 0.382 e. The highest BCUT2D eigenvalue weighted by Crippen LogP contribution is 2.28. The average Bonchev–Trinajstić information content (AvgIpc) is 3.19. The quantitative estimate of drug-likeness (QED) is 0.408. The smallest absolute Gasteiger partial charge is 0.253 e. The van der Waals surface area contributed by atoms with Crippen molar-refractivity contribution in [2.75, 3.05) is 5.32 Å². The number of hydrogen-bond donors (Lipinski definition) is 3. The summed E-state index contributed by atoms with van der Waals surface area (Å²) in [6.45, 7) is 0. The van der Waals surface area contributed by atoms with E-state index in [1.807, 2.05) is 54.7 Å². The maximum absolute atomic E-state index is 12.8. The Hall–Kier alpha value is -3.05. The number of carbonyl (C=O) groups excluding carboxylic acids is 1. The number of H-pyrrole nitrogens is 1. The van der Waals surface area contributed by atoms with Gasteiger partial charge in [0.05, 0.1) is 11.1 Å². The first-order chi connectivity index (χ1) is 14.7. The molecule has 6 heteroatoms. The second kappa shape index (κ2) is 8.00. The summed E-state index contributed by atoms with van der Waals surface area (Å²) in [7, 11) is 0. The second-order valence-electron chi connectivity index (χ2n) is 7.93.